The number of nitrogens with zero attached hydrogens (tertiary/aromatic N) is 1. The van der Waals surface area contributed by atoms with Crippen LogP contribution in [0.25, 0.3) is 0 Å². The van der Waals surface area contributed by atoms with Gasteiger partial charge in [0.15, 0.2) is 0 Å². The Bertz CT molecular complexity index is 565. The van der Waals surface area contributed by atoms with Gasteiger partial charge in [0.1, 0.15) is 17.2 Å². The lowest BCUT2D eigenvalue weighted by Gasteiger charge is -2.29. The summed E-state index contributed by atoms with van der Waals surface area (Å²) in [5.74, 6) is -0.847. The predicted octanol–water partition coefficient (Wildman–Crippen LogP) is 1.93. The summed E-state index contributed by atoms with van der Waals surface area (Å²) in [5, 5.41) is 0. The number of carbonyl (C=O) groups excluding carboxylic acids is 2. The summed E-state index contributed by atoms with van der Waals surface area (Å²) in [6.45, 7) is 10.5. The monoisotopic (exact) mass is 379 g/mol. The molecule has 1 heterocycles. The first kappa shape index (κ1) is 21.7. The molecule has 1 fully saturated rings. The van der Waals surface area contributed by atoms with Gasteiger partial charge < -0.3 is 9.47 Å². The number of ether oxygens (including phenoxy) is 2. The van der Waals surface area contributed by atoms with Crippen molar-refractivity contribution in [3.8, 4) is 0 Å². The molecule has 0 radical (unpaired) electrons. The average Bonchev–Trinajstić information content (AvgIpc) is 2.75. The minimum Gasteiger partial charge on any atom is -0.458 e. The molecule has 0 aliphatic carbocycles. The summed E-state index contributed by atoms with van der Waals surface area (Å²) in [5.41, 5.74) is -1.41. The van der Waals surface area contributed by atoms with E-state index in [9.17, 15) is 18.0 Å². The van der Waals surface area contributed by atoms with Crippen molar-refractivity contribution in [2.75, 3.05) is 19.4 Å². The largest absolute Gasteiger partial charge is 0.458 e. The van der Waals surface area contributed by atoms with Crippen LogP contribution in [0, 0.1) is 5.92 Å². The van der Waals surface area contributed by atoms with Crippen molar-refractivity contribution in [1.82, 2.24) is 4.90 Å². The molecular formula is C16H29NO7S. The van der Waals surface area contributed by atoms with Crippen LogP contribution in [0.4, 0.5) is 4.79 Å². The molecule has 0 spiro atoms. The summed E-state index contributed by atoms with van der Waals surface area (Å²) < 4.78 is 37.9. The molecule has 0 aromatic rings. The zero-order valence-electron chi connectivity index (χ0n) is 16.0. The lowest BCUT2D eigenvalue weighted by atomic mass is 10.1. The van der Waals surface area contributed by atoms with E-state index in [1.807, 2.05) is 0 Å². The summed E-state index contributed by atoms with van der Waals surface area (Å²) in [4.78, 5) is 26.2. The molecule has 0 aromatic carbocycles. The Morgan fingerprint density at radius 3 is 2.00 bits per heavy atom. The third-order valence-corrected chi connectivity index (χ3v) is 3.78. The van der Waals surface area contributed by atoms with Gasteiger partial charge in [0.05, 0.1) is 12.9 Å². The molecule has 1 aliphatic heterocycles. The van der Waals surface area contributed by atoms with Gasteiger partial charge in [-0.2, -0.15) is 8.42 Å². The van der Waals surface area contributed by atoms with Gasteiger partial charge in [-0.3, -0.25) is 9.08 Å². The highest BCUT2D eigenvalue weighted by molar-refractivity contribution is 7.85. The first-order valence-electron chi connectivity index (χ1n) is 8.14. The molecule has 0 bridgehead atoms. The molecule has 0 aromatic heterocycles. The van der Waals surface area contributed by atoms with E-state index >= 15 is 0 Å². The van der Waals surface area contributed by atoms with Crippen molar-refractivity contribution < 1.29 is 31.7 Å². The van der Waals surface area contributed by atoms with Gasteiger partial charge in [-0.15, -0.1) is 0 Å². The number of amides is 1. The standard InChI is InChI=1S/C16H29NO7S/c1-15(2,3)23-13(18)12-8-11(10-22-25(7,20)21)9-17(12)14(19)24-16(4,5)6/h11-12H,8-10H2,1-7H3/t11-,12-/m0/s1. The minimum atomic E-state index is -3.60. The SMILES string of the molecule is CC(C)(C)OC(=O)[C@@H]1C[C@H](COS(C)(=O)=O)CN1C(=O)OC(C)(C)C. The van der Waals surface area contributed by atoms with Crippen LogP contribution in [0.1, 0.15) is 48.0 Å². The van der Waals surface area contributed by atoms with Gasteiger partial charge >= 0.3 is 12.1 Å². The molecule has 9 heteroatoms. The summed E-state index contributed by atoms with van der Waals surface area (Å²) in [7, 11) is -3.60. The first-order chi connectivity index (χ1) is 11.1. The Labute approximate surface area is 149 Å². The van der Waals surface area contributed by atoms with E-state index in [0.717, 1.165) is 6.26 Å². The van der Waals surface area contributed by atoms with Gasteiger partial charge in [-0.1, -0.05) is 0 Å². The van der Waals surface area contributed by atoms with Crippen LogP contribution in [0.2, 0.25) is 0 Å². The molecule has 1 amide bonds. The maximum Gasteiger partial charge on any atom is 0.411 e. The number of likely N-dealkylation sites (tertiary alicyclic amines) is 1. The van der Waals surface area contributed by atoms with Gasteiger partial charge in [0.2, 0.25) is 0 Å². The molecule has 2 atom stereocenters. The number of carbonyl (C=O) groups is 2. The van der Waals surface area contributed by atoms with E-state index in [0.29, 0.717) is 0 Å². The number of esters is 1. The van der Waals surface area contributed by atoms with E-state index in [4.69, 9.17) is 13.7 Å². The van der Waals surface area contributed by atoms with E-state index in [-0.39, 0.29) is 25.5 Å². The molecular weight excluding hydrogens is 350 g/mol. The highest BCUT2D eigenvalue weighted by Crippen LogP contribution is 2.28. The highest BCUT2D eigenvalue weighted by atomic mass is 32.2. The highest BCUT2D eigenvalue weighted by Gasteiger charge is 2.43. The van der Waals surface area contributed by atoms with Crippen molar-refractivity contribution >= 4 is 22.2 Å². The zero-order chi connectivity index (χ0) is 19.6. The van der Waals surface area contributed by atoms with Crippen LogP contribution < -0.4 is 0 Å². The van der Waals surface area contributed by atoms with Crippen LogP contribution in [0.15, 0.2) is 0 Å². The molecule has 1 saturated heterocycles. The van der Waals surface area contributed by atoms with Crippen LogP contribution in [-0.2, 0) is 28.6 Å². The average molecular weight is 379 g/mol. The lowest BCUT2D eigenvalue weighted by molar-refractivity contribution is -0.160. The Morgan fingerprint density at radius 2 is 1.56 bits per heavy atom. The first-order valence-corrected chi connectivity index (χ1v) is 9.96. The third-order valence-electron chi connectivity index (χ3n) is 3.21. The van der Waals surface area contributed by atoms with Crippen molar-refractivity contribution in [2.24, 2.45) is 5.92 Å². The molecule has 8 nitrogen and oxygen atoms in total. The van der Waals surface area contributed by atoms with Crippen LogP contribution in [0.3, 0.4) is 0 Å². The van der Waals surface area contributed by atoms with Crippen LogP contribution in [0.5, 0.6) is 0 Å². The van der Waals surface area contributed by atoms with Gasteiger partial charge in [0, 0.05) is 12.5 Å². The zero-order valence-corrected chi connectivity index (χ0v) is 16.8. The Kier molecular flexibility index (Phi) is 6.50. The Morgan fingerprint density at radius 1 is 1.04 bits per heavy atom. The topological polar surface area (TPSA) is 99.2 Å². The number of rotatable bonds is 4. The normalized spacial score (nSPS) is 22.0. The van der Waals surface area contributed by atoms with E-state index in [2.05, 4.69) is 0 Å². The molecule has 0 N–H and O–H groups in total. The fraction of sp³-hybridized carbons (Fsp3) is 0.875. The molecule has 1 rings (SSSR count). The second kappa shape index (κ2) is 7.49. The summed E-state index contributed by atoms with van der Waals surface area (Å²) in [6, 6.07) is -0.831. The predicted molar refractivity (Wildman–Crippen MR) is 91.5 cm³/mol. The maximum atomic E-state index is 12.5. The van der Waals surface area contributed by atoms with Crippen molar-refractivity contribution in [1.29, 1.82) is 0 Å². The van der Waals surface area contributed by atoms with Crippen LogP contribution in [-0.4, -0.2) is 62.0 Å². The summed E-state index contributed by atoms with van der Waals surface area (Å²) in [6.07, 6.45) is 0.577. The second-order valence-electron chi connectivity index (χ2n) is 8.27. The maximum absolute atomic E-state index is 12.5. The summed E-state index contributed by atoms with van der Waals surface area (Å²) >= 11 is 0. The lowest BCUT2D eigenvalue weighted by Crippen LogP contribution is -2.45. The molecule has 1 aliphatic rings. The van der Waals surface area contributed by atoms with E-state index in [1.165, 1.54) is 4.90 Å². The second-order valence-corrected chi connectivity index (χ2v) is 9.92. The van der Waals surface area contributed by atoms with Gasteiger partial charge in [0.25, 0.3) is 10.1 Å². The minimum absolute atomic E-state index is 0.0998. The molecule has 0 unspecified atom stereocenters. The smallest absolute Gasteiger partial charge is 0.411 e. The van der Waals surface area contributed by atoms with Crippen molar-refractivity contribution in [3.63, 3.8) is 0 Å². The van der Waals surface area contributed by atoms with Crippen molar-refractivity contribution in [3.05, 3.63) is 0 Å². The Hall–Kier alpha value is -1.35. The fourth-order valence-electron chi connectivity index (χ4n) is 2.38. The number of hydrogen-bond acceptors (Lipinski definition) is 7. The molecule has 25 heavy (non-hydrogen) atoms. The van der Waals surface area contributed by atoms with Crippen LogP contribution >= 0.6 is 0 Å². The van der Waals surface area contributed by atoms with E-state index < -0.39 is 39.4 Å². The fourth-order valence-corrected chi connectivity index (χ4v) is 2.82. The Balaban J connectivity index is 2.90. The number of hydrogen-bond donors (Lipinski definition) is 0. The third kappa shape index (κ3) is 8.04. The molecule has 0 saturated carbocycles. The van der Waals surface area contributed by atoms with E-state index in [1.54, 1.807) is 41.5 Å². The van der Waals surface area contributed by atoms with Crippen molar-refractivity contribution in [2.45, 2.75) is 65.2 Å². The van der Waals surface area contributed by atoms with Gasteiger partial charge in [-0.05, 0) is 48.0 Å². The quantitative estimate of drug-likeness (QED) is 0.543. The molecule has 146 valence electrons. The van der Waals surface area contributed by atoms with Gasteiger partial charge in [-0.25, -0.2) is 9.59 Å².